The van der Waals surface area contributed by atoms with E-state index in [2.05, 4.69) is 19.2 Å². The Morgan fingerprint density at radius 2 is 2.00 bits per heavy atom. The summed E-state index contributed by atoms with van der Waals surface area (Å²) in [5.74, 6) is 0. The van der Waals surface area contributed by atoms with Crippen LogP contribution in [0.5, 0.6) is 0 Å². The fourth-order valence-electron chi connectivity index (χ4n) is 2.53. The number of nitrogens with one attached hydrogen (secondary N) is 1. The molecule has 0 aliphatic carbocycles. The van der Waals surface area contributed by atoms with E-state index in [1.807, 2.05) is 13.8 Å². The Labute approximate surface area is 106 Å². The Morgan fingerprint density at radius 1 is 1.35 bits per heavy atom. The van der Waals surface area contributed by atoms with Gasteiger partial charge in [-0.1, -0.05) is 13.8 Å². The van der Waals surface area contributed by atoms with Crippen LogP contribution in [0.4, 0.5) is 0 Å². The molecule has 0 saturated carbocycles. The van der Waals surface area contributed by atoms with Crippen LogP contribution >= 0.6 is 0 Å². The molecular weight excluding hydrogens is 214 g/mol. The topological polar surface area (TPSA) is 41.5 Å². The van der Waals surface area contributed by atoms with Crippen LogP contribution < -0.4 is 5.32 Å². The first-order valence-corrected chi connectivity index (χ1v) is 7.00. The highest BCUT2D eigenvalue weighted by Gasteiger charge is 2.34. The minimum Gasteiger partial charge on any atom is -0.390 e. The smallest absolute Gasteiger partial charge is 0.0692 e. The van der Waals surface area contributed by atoms with E-state index in [-0.39, 0.29) is 5.60 Å². The molecule has 2 N–H and O–H groups in total. The lowest BCUT2D eigenvalue weighted by molar-refractivity contribution is -0.0933. The monoisotopic (exact) mass is 243 g/mol. The molecule has 0 bridgehead atoms. The van der Waals surface area contributed by atoms with Crippen molar-refractivity contribution in [2.45, 2.75) is 77.0 Å². The van der Waals surface area contributed by atoms with Gasteiger partial charge in [-0.3, -0.25) is 0 Å². The van der Waals surface area contributed by atoms with E-state index in [9.17, 15) is 5.11 Å². The van der Waals surface area contributed by atoms with Crippen LogP contribution in [-0.4, -0.2) is 35.5 Å². The molecule has 3 heteroatoms. The third-order valence-electron chi connectivity index (χ3n) is 3.95. The van der Waals surface area contributed by atoms with Crippen molar-refractivity contribution >= 4 is 0 Å². The summed E-state index contributed by atoms with van der Waals surface area (Å²) in [5, 5.41) is 13.2. The molecule has 1 saturated heterocycles. The van der Waals surface area contributed by atoms with Gasteiger partial charge in [-0.2, -0.15) is 0 Å². The van der Waals surface area contributed by atoms with Crippen molar-refractivity contribution in [3.8, 4) is 0 Å². The summed E-state index contributed by atoms with van der Waals surface area (Å²) in [6.45, 7) is 9.90. The fraction of sp³-hybridized carbons (Fsp3) is 1.00. The van der Waals surface area contributed by atoms with Gasteiger partial charge in [-0.15, -0.1) is 0 Å². The number of aliphatic hydroxyl groups is 1. The van der Waals surface area contributed by atoms with E-state index in [4.69, 9.17) is 4.74 Å². The minimum atomic E-state index is -0.565. The highest BCUT2D eigenvalue weighted by Crippen LogP contribution is 2.31. The van der Waals surface area contributed by atoms with E-state index in [1.54, 1.807) is 0 Å². The molecule has 0 spiro atoms. The zero-order valence-electron chi connectivity index (χ0n) is 11.9. The maximum atomic E-state index is 9.68. The Bertz CT molecular complexity index is 219. The maximum Gasteiger partial charge on any atom is 0.0692 e. The van der Waals surface area contributed by atoms with Crippen LogP contribution in [0.15, 0.2) is 0 Å². The van der Waals surface area contributed by atoms with E-state index in [0.29, 0.717) is 6.04 Å². The molecule has 1 unspecified atom stereocenters. The minimum absolute atomic E-state index is 0.0879. The van der Waals surface area contributed by atoms with Crippen molar-refractivity contribution in [2.75, 3.05) is 13.2 Å². The number of hydrogen-bond donors (Lipinski definition) is 2. The summed E-state index contributed by atoms with van der Waals surface area (Å²) < 4.78 is 5.95. The van der Waals surface area contributed by atoms with Gasteiger partial charge in [-0.05, 0) is 52.5 Å². The van der Waals surface area contributed by atoms with Crippen molar-refractivity contribution in [3.05, 3.63) is 0 Å². The normalized spacial score (nSPS) is 24.9. The number of hydrogen-bond acceptors (Lipinski definition) is 3. The van der Waals surface area contributed by atoms with Crippen LogP contribution in [-0.2, 0) is 4.74 Å². The lowest BCUT2D eigenvalue weighted by Gasteiger charge is -2.40. The van der Waals surface area contributed by atoms with Gasteiger partial charge in [0.25, 0.3) is 0 Å². The standard InChI is InChI=1S/C14H29NO2/c1-5-14(6-2)11-12(7-10-17-14)15-9-8-13(3,4)16/h12,15-16H,5-11H2,1-4H3. The lowest BCUT2D eigenvalue weighted by atomic mass is 9.86. The average Bonchev–Trinajstić information content (AvgIpc) is 2.27. The molecule has 0 aromatic heterocycles. The summed E-state index contributed by atoms with van der Waals surface area (Å²) in [5.41, 5.74) is -0.477. The van der Waals surface area contributed by atoms with Crippen LogP contribution in [0.1, 0.15) is 59.8 Å². The zero-order chi connectivity index (χ0) is 12.9. The van der Waals surface area contributed by atoms with Crippen LogP contribution in [0.25, 0.3) is 0 Å². The van der Waals surface area contributed by atoms with Gasteiger partial charge in [-0.25, -0.2) is 0 Å². The molecule has 0 aromatic carbocycles. The second kappa shape index (κ2) is 6.17. The van der Waals surface area contributed by atoms with Gasteiger partial charge >= 0.3 is 0 Å². The SMILES string of the molecule is CCC1(CC)CC(NCCC(C)(C)O)CCO1. The molecule has 0 radical (unpaired) electrons. The quantitative estimate of drug-likeness (QED) is 0.753. The van der Waals surface area contributed by atoms with Crippen molar-refractivity contribution in [2.24, 2.45) is 0 Å². The highest BCUT2D eigenvalue weighted by molar-refractivity contribution is 4.88. The fourth-order valence-corrected chi connectivity index (χ4v) is 2.53. The Morgan fingerprint density at radius 3 is 2.53 bits per heavy atom. The van der Waals surface area contributed by atoms with E-state index < -0.39 is 5.60 Å². The molecule has 0 amide bonds. The third-order valence-corrected chi connectivity index (χ3v) is 3.95. The number of rotatable bonds is 6. The molecule has 1 atom stereocenters. The molecule has 1 heterocycles. The van der Waals surface area contributed by atoms with Crippen molar-refractivity contribution < 1.29 is 9.84 Å². The van der Waals surface area contributed by atoms with Crippen LogP contribution in [0.2, 0.25) is 0 Å². The van der Waals surface area contributed by atoms with E-state index in [0.717, 1.165) is 45.3 Å². The summed E-state index contributed by atoms with van der Waals surface area (Å²) in [7, 11) is 0. The summed E-state index contributed by atoms with van der Waals surface area (Å²) in [4.78, 5) is 0. The molecule has 1 fully saturated rings. The molecule has 1 aliphatic heterocycles. The first-order valence-electron chi connectivity index (χ1n) is 7.00. The Hall–Kier alpha value is -0.120. The summed E-state index contributed by atoms with van der Waals surface area (Å²) in [6.07, 6.45) is 5.18. The summed E-state index contributed by atoms with van der Waals surface area (Å²) in [6, 6.07) is 0.547. The first kappa shape index (κ1) is 14.9. The van der Waals surface area contributed by atoms with Gasteiger partial charge in [0.2, 0.25) is 0 Å². The Kier molecular flexibility index (Phi) is 5.42. The van der Waals surface area contributed by atoms with Gasteiger partial charge < -0.3 is 15.2 Å². The van der Waals surface area contributed by atoms with Gasteiger partial charge in [0.05, 0.1) is 11.2 Å². The molecule has 17 heavy (non-hydrogen) atoms. The van der Waals surface area contributed by atoms with Crippen LogP contribution in [0.3, 0.4) is 0 Å². The second-order valence-electron chi connectivity index (χ2n) is 5.94. The second-order valence-corrected chi connectivity index (χ2v) is 5.94. The predicted octanol–water partition coefficient (Wildman–Crippen LogP) is 2.47. The van der Waals surface area contributed by atoms with Gasteiger partial charge in [0.1, 0.15) is 0 Å². The van der Waals surface area contributed by atoms with Crippen LogP contribution in [0, 0.1) is 0 Å². The Balaban J connectivity index is 2.35. The van der Waals surface area contributed by atoms with Crippen molar-refractivity contribution in [1.82, 2.24) is 5.32 Å². The molecule has 1 aliphatic rings. The first-order chi connectivity index (χ1) is 7.91. The third kappa shape index (κ3) is 4.94. The molecule has 102 valence electrons. The van der Waals surface area contributed by atoms with Crippen molar-refractivity contribution in [1.29, 1.82) is 0 Å². The van der Waals surface area contributed by atoms with Gasteiger partial charge in [0.15, 0.2) is 0 Å². The number of ether oxygens (including phenoxy) is 1. The average molecular weight is 243 g/mol. The molecular formula is C14H29NO2. The zero-order valence-corrected chi connectivity index (χ0v) is 11.9. The molecule has 3 nitrogen and oxygen atoms in total. The highest BCUT2D eigenvalue weighted by atomic mass is 16.5. The maximum absolute atomic E-state index is 9.68. The van der Waals surface area contributed by atoms with Crippen molar-refractivity contribution in [3.63, 3.8) is 0 Å². The van der Waals surface area contributed by atoms with E-state index >= 15 is 0 Å². The van der Waals surface area contributed by atoms with Gasteiger partial charge in [0, 0.05) is 12.6 Å². The van der Waals surface area contributed by atoms with E-state index in [1.165, 1.54) is 0 Å². The summed E-state index contributed by atoms with van der Waals surface area (Å²) >= 11 is 0. The largest absolute Gasteiger partial charge is 0.390 e. The molecule has 1 rings (SSSR count). The lowest BCUT2D eigenvalue weighted by Crippen LogP contribution is -2.47. The predicted molar refractivity (Wildman–Crippen MR) is 71.2 cm³/mol. The molecule has 0 aromatic rings.